The molecule has 1 fully saturated rings. The maximum absolute atomic E-state index is 13.7. The van der Waals surface area contributed by atoms with Gasteiger partial charge in [-0.2, -0.15) is 16.8 Å². The minimum absolute atomic E-state index is 0.000685. The molecule has 0 unspecified atom stereocenters. The number of rotatable bonds is 6. The second kappa shape index (κ2) is 11.6. The van der Waals surface area contributed by atoms with E-state index in [0.29, 0.717) is 25.7 Å². The predicted molar refractivity (Wildman–Crippen MR) is 181 cm³/mol. The van der Waals surface area contributed by atoms with Crippen molar-refractivity contribution in [2.24, 2.45) is 0 Å². The van der Waals surface area contributed by atoms with Gasteiger partial charge in [-0.1, -0.05) is 48.5 Å². The van der Waals surface area contributed by atoms with E-state index >= 15 is 0 Å². The summed E-state index contributed by atoms with van der Waals surface area (Å²) < 4.78 is 69.0. The summed E-state index contributed by atoms with van der Waals surface area (Å²) in [4.78, 5) is 52.8. The van der Waals surface area contributed by atoms with Gasteiger partial charge in [-0.25, -0.2) is 0 Å². The summed E-state index contributed by atoms with van der Waals surface area (Å²) >= 11 is 0. The molecular formula is C34H28N4O10S2. The van der Waals surface area contributed by atoms with Crippen LogP contribution in [-0.2, 0) is 20.2 Å². The lowest BCUT2D eigenvalue weighted by molar-refractivity contribution is 0.0980. The number of hydrogen-bond donors (Lipinski definition) is 6. The first-order valence-electron chi connectivity index (χ1n) is 15.4. The first-order chi connectivity index (χ1) is 23.6. The van der Waals surface area contributed by atoms with Gasteiger partial charge < -0.3 is 22.1 Å². The third kappa shape index (κ3) is 5.24. The number of anilines is 4. The van der Waals surface area contributed by atoms with E-state index in [2.05, 4.69) is 10.6 Å². The smallest absolute Gasteiger partial charge is 0.296 e. The molecule has 0 bridgehead atoms. The predicted octanol–water partition coefficient (Wildman–Crippen LogP) is 3.73. The number of carbonyl (C=O) groups excluding carboxylic acids is 4. The molecule has 256 valence electrons. The highest BCUT2D eigenvalue weighted by atomic mass is 32.2. The Morgan fingerprint density at radius 3 is 1.08 bits per heavy atom. The second-order valence-electron chi connectivity index (χ2n) is 12.4. The monoisotopic (exact) mass is 716 g/mol. The molecule has 0 atom stereocenters. The van der Waals surface area contributed by atoms with Crippen LogP contribution in [0.4, 0.5) is 22.7 Å². The Morgan fingerprint density at radius 2 is 0.800 bits per heavy atom. The van der Waals surface area contributed by atoms with Gasteiger partial charge in [-0.3, -0.25) is 28.3 Å². The van der Waals surface area contributed by atoms with Crippen LogP contribution in [0.3, 0.4) is 0 Å². The molecule has 4 aromatic carbocycles. The molecule has 0 amide bonds. The standard InChI is InChI=1S/C34H28N4O10S2/c35-29-23(49(43,44)45)13-21(25-27(29)33(41)19-7-3-1-5-17(19)31(25)39)37-15-9-11-16(12-10-15)38-22-14-24(50(46,47)48)30(36)28-26(22)32(40)18-6-2-4-8-20(18)34(28)42/h1-8,13-16,37-38H,9-12,35-36H2,(H,43,44,45)(H,46,47,48). The van der Waals surface area contributed by atoms with E-state index in [9.17, 15) is 45.1 Å². The topological polar surface area (TPSA) is 253 Å². The highest BCUT2D eigenvalue weighted by Gasteiger charge is 2.39. The zero-order valence-corrected chi connectivity index (χ0v) is 27.5. The van der Waals surface area contributed by atoms with Gasteiger partial charge in [0.1, 0.15) is 9.79 Å². The first kappa shape index (κ1) is 33.1. The lowest BCUT2D eigenvalue weighted by Gasteiger charge is -2.33. The molecule has 0 aliphatic heterocycles. The summed E-state index contributed by atoms with van der Waals surface area (Å²) in [6, 6.07) is 13.4. The Hall–Kier alpha value is -5.42. The molecule has 7 rings (SSSR count). The summed E-state index contributed by atoms with van der Waals surface area (Å²) in [6.45, 7) is 0. The van der Waals surface area contributed by atoms with Crippen LogP contribution in [0.15, 0.2) is 70.5 Å². The van der Waals surface area contributed by atoms with Crippen molar-refractivity contribution in [3.8, 4) is 0 Å². The number of nitrogens with two attached hydrogens (primary N) is 2. The van der Waals surface area contributed by atoms with Crippen LogP contribution < -0.4 is 22.1 Å². The Balaban J connectivity index is 1.19. The van der Waals surface area contributed by atoms with Gasteiger partial charge in [0, 0.05) is 45.7 Å². The van der Waals surface area contributed by atoms with Crippen LogP contribution >= 0.6 is 0 Å². The molecule has 16 heteroatoms. The van der Waals surface area contributed by atoms with Crippen molar-refractivity contribution in [1.29, 1.82) is 0 Å². The van der Waals surface area contributed by atoms with E-state index in [1.54, 1.807) is 24.3 Å². The second-order valence-corrected chi connectivity index (χ2v) is 15.1. The molecular weight excluding hydrogens is 689 g/mol. The molecule has 0 aromatic heterocycles. The largest absolute Gasteiger partial charge is 0.397 e. The lowest BCUT2D eigenvalue weighted by Crippen LogP contribution is -2.34. The van der Waals surface area contributed by atoms with E-state index in [1.807, 2.05) is 0 Å². The molecule has 50 heavy (non-hydrogen) atoms. The van der Waals surface area contributed by atoms with Gasteiger partial charge in [-0.15, -0.1) is 0 Å². The number of nitrogens with one attached hydrogen (secondary N) is 2. The van der Waals surface area contributed by atoms with Crippen LogP contribution in [0.5, 0.6) is 0 Å². The van der Waals surface area contributed by atoms with Gasteiger partial charge in [0.15, 0.2) is 23.1 Å². The Labute approximate surface area is 285 Å². The van der Waals surface area contributed by atoms with Crippen molar-refractivity contribution in [1.82, 2.24) is 0 Å². The van der Waals surface area contributed by atoms with Crippen molar-refractivity contribution in [3.63, 3.8) is 0 Å². The maximum Gasteiger partial charge on any atom is 0.296 e. The van der Waals surface area contributed by atoms with E-state index in [4.69, 9.17) is 11.5 Å². The normalized spacial score (nSPS) is 18.5. The van der Waals surface area contributed by atoms with E-state index in [0.717, 1.165) is 12.1 Å². The molecule has 4 aromatic rings. The van der Waals surface area contributed by atoms with Crippen LogP contribution in [-0.4, -0.2) is 61.2 Å². The maximum atomic E-state index is 13.7. The SMILES string of the molecule is Nc1c(S(=O)(=O)O)cc(NC2CCC(Nc3cc(S(=O)(=O)O)c(N)c4c3C(=O)c3ccccc3C4=O)CC2)c2c1C(=O)c1ccccc1C2=O. The Bertz CT molecular complexity index is 2280. The number of hydrogen-bond acceptors (Lipinski definition) is 12. The molecule has 0 spiro atoms. The van der Waals surface area contributed by atoms with E-state index in [1.165, 1.54) is 24.3 Å². The molecule has 8 N–H and O–H groups in total. The van der Waals surface area contributed by atoms with Crippen LogP contribution in [0.25, 0.3) is 0 Å². The third-order valence-corrected chi connectivity index (χ3v) is 11.2. The van der Waals surface area contributed by atoms with E-state index < -0.39 is 64.5 Å². The molecule has 3 aliphatic rings. The minimum Gasteiger partial charge on any atom is -0.397 e. The average molecular weight is 717 g/mol. The molecule has 0 radical (unpaired) electrons. The van der Waals surface area contributed by atoms with Gasteiger partial charge in [0.25, 0.3) is 20.2 Å². The highest BCUT2D eigenvalue weighted by molar-refractivity contribution is 7.86. The fourth-order valence-corrected chi connectivity index (χ4v) is 8.36. The van der Waals surface area contributed by atoms with Crippen molar-refractivity contribution in [3.05, 3.63) is 105 Å². The molecule has 3 aliphatic carbocycles. The number of carbonyl (C=O) groups is 4. The van der Waals surface area contributed by atoms with Crippen molar-refractivity contribution in [2.45, 2.75) is 47.6 Å². The van der Waals surface area contributed by atoms with Crippen molar-refractivity contribution >= 4 is 66.1 Å². The molecule has 1 saturated carbocycles. The summed E-state index contributed by atoms with van der Waals surface area (Å²) in [7, 11) is -9.81. The van der Waals surface area contributed by atoms with Gasteiger partial charge in [0.2, 0.25) is 0 Å². The minimum atomic E-state index is -4.90. The van der Waals surface area contributed by atoms with Crippen LogP contribution in [0, 0.1) is 0 Å². The summed E-state index contributed by atoms with van der Waals surface area (Å²) in [5, 5.41) is 6.33. The van der Waals surface area contributed by atoms with E-state index in [-0.39, 0.29) is 68.0 Å². The van der Waals surface area contributed by atoms with Crippen LogP contribution in [0.1, 0.15) is 89.4 Å². The van der Waals surface area contributed by atoms with Gasteiger partial charge in [-0.05, 0) is 37.8 Å². The summed E-state index contributed by atoms with van der Waals surface area (Å²) in [5.41, 5.74) is 10.5. The zero-order valence-electron chi connectivity index (χ0n) is 25.9. The van der Waals surface area contributed by atoms with Crippen LogP contribution in [0.2, 0.25) is 0 Å². The summed E-state index contributed by atoms with van der Waals surface area (Å²) in [5.74, 6) is -2.43. The molecule has 14 nitrogen and oxygen atoms in total. The number of ketones is 4. The number of benzene rings is 4. The van der Waals surface area contributed by atoms with Gasteiger partial charge >= 0.3 is 0 Å². The fraction of sp³-hybridized carbons (Fsp3) is 0.176. The lowest BCUT2D eigenvalue weighted by atomic mass is 9.81. The van der Waals surface area contributed by atoms with Crippen molar-refractivity contribution < 1.29 is 45.1 Å². The number of fused-ring (bicyclic) bond motifs is 4. The zero-order chi connectivity index (χ0) is 35.9. The first-order valence-corrected chi connectivity index (χ1v) is 18.2. The summed E-state index contributed by atoms with van der Waals surface area (Å²) in [6.07, 6.45) is 1.59. The number of nitrogen functional groups attached to an aromatic ring is 2. The Morgan fingerprint density at radius 1 is 0.520 bits per heavy atom. The average Bonchev–Trinajstić information content (AvgIpc) is 3.07. The molecule has 0 heterocycles. The molecule has 0 saturated heterocycles. The van der Waals surface area contributed by atoms with Gasteiger partial charge in [0.05, 0.1) is 33.6 Å². The Kier molecular flexibility index (Phi) is 7.67. The fourth-order valence-electron chi connectivity index (χ4n) is 7.06. The third-order valence-electron chi connectivity index (χ3n) is 9.40. The quantitative estimate of drug-likeness (QED) is 0.106. The van der Waals surface area contributed by atoms with Crippen molar-refractivity contribution in [2.75, 3.05) is 22.1 Å². The highest BCUT2D eigenvalue weighted by Crippen LogP contribution is 2.42.